The molecule has 0 radical (unpaired) electrons. The summed E-state index contributed by atoms with van der Waals surface area (Å²) in [5.41, 5.74) is 0. The third-order valence-electron chi connectivity index (χ3n) is 5.36. The van der Waals surface area contributed by atoms with Crippen molar-refractivity contribution in [3.05, 3.63) is 0 Å². The molecule has 0 rings (SSSR count). The first kappa shape index (κ1) is 32.7. The van der Waals surface area contributed by atoms with E-state index >= 15 is 0 Å². The minimum Gasteiger partial charge on any atom is -0.354 e. The van der Waals surface area contributed by atoms with E-state index in [9.17, 15) is 26.4 Å². The molecule has 2 amide bonds. The number of hydrogen-bond donors (Lipinski definition) is 4. The molecular formula is C21H43N3O8S2. The molecule has 0 aliphatic carbocycles. The molecule has 11 nitrogen and oxygen atoms in total. The molecule has 0 aromatic heterocycles. The number of rotatable bonds is 21. The summed E-state index contributed by atoms with van der Waals surface area (Å²) in [6, 6.07) is -0.0478. The quantitative estimate of drug-likeness (QED) is 0.127. The van der Waals surface area contributed by atoms with Gasteiger partial charge in [-0.15, -0.1) is 0 Å². The molecule has 0 bridgehead atoms. The maximum absolute atomic E-state index is 12.5. The Morgan fingerprint density at radius 1 is 0.706 bits per heavy atom. The third kappa shape index (κ3) is 20.1. The van der Waals surface area contributed by atoms with Crippen LogP contribution in [-0.2, 0) is 29.8 Å². The minimum atomic E-state index is -4.20. The van der Waals surface area contributed by atoms with E-state index in [-0.39, 0.29) is 32.2 Å². The smallest absolute Gasteiger partial charge is 0.266 e. The Kier molecular flexibility index (Phi) is 17.4. The normalized spacial score (nSPS) is 12.3. The summed E-state index contributed by atoms with van der Waals surface area (Å²) in [5.74, 6) is -2.15. The van der Waals surface area contributed by atoms with Crippen LogP contribution in [0.25, 0.3) is 0 Å². The van der Waals surface area contributed by atoms with E-state index in [0.717, 1.165) is 64.2 Å². The lowest BCUT2D eigenvalue weighted by Crippen LogP contribution is -2.48. The van der Waals surface area contributed by atoms with Gasteiger partial charge in [0, 0.05) is 19.1 Å². The molecule has 13 heteroatoms. The highest BCUT2D eigenvalue weighted by molar-refractivity contribution is 7.86. The van der Waals surface area contributed by atoms with Gasteiger partial charge in [0.15, 0.2) is 0 Å². The maximum Gasteiger partial charge on any atom is 0.266 e. The van der Waals surface area contributed by atoms with Crippen molar-refractivity contribution in [3.63, 3.8) is 0 Å². The molecule has 0 saturated heterocycles. The van der Waals surface area contributed by atoms with Crippen molar-refractivity contribution < 1.29 is 35.5 Å². The zero-order valence-corrected chi connectivity index (χ0v) is 22.1. The van der Waals surface area contributed by atoms with Crippen LogP contribution in [0.5, 0.6) is 0 Å². The number of hydrogen-bond acceptors (Lipinski definition) is 7. The van der Waals surface area contributed by atoms with Gasteiger partial charge < -0.3 is 10.6 Å². The van der Waals surface area contributed by atoms with Gasteiger partial charge in [0.1, 0.15) is 0 Å². The van der Waals surface area contributed by atoms with Crippen LogP contribution in [-0.4, -0.2) is 86.4 Å². The Hall–Kier alpha value is -1.28. The van der Waals surface area contributed by atoms with Crippen LogP contribution in [0.1, 0.15) is 78.1 Å². The second-order valence-electron chi connectivity index (χ2n) is 8.53. The molecule has 0 fully saturated rings. The van der Waals surface area contributed by atoms with Gasteiger partial charge in [-0.25, -0.2) is 0 Å². The molecule has 0 unspecified atom stereocenters. The average molecular weight is 530 g/mol. The number of nitrogens with one attached hydrogen (secondary N) is 2. The summed E-state index contributed by atoms with van der Waals surface area (Å²) >= 11 is 0. The van der Waals surface area contributed by atoms with Gasteiger partial charge in [-0.2, -0.15) is 16.8 Å². The molecule has 0 spiro atoms. The highest BCUT2D eigenvalue weighted by Gasteiger charge is 2.23. The number of nitrogens with zero attached hydrogens (tertiary/aromatic N) is 1. The fourth-order valence-corrected chi connectivity index (χ4v) is 4.28. The van der Waals surface area contributed by atoms with Crippen molar-refractivity contribution in [2.75, 3.05) is 37.7 Å². The van der Waals surface area contributed by atoms with Crippen molar-refractivity contribution in [2.45, 2.75) is 84.1 Å². The molecule has 34 heavy (non-hydrogen) atoms. The van der Waals surface area contributed by atoms with Gasteiger partial charge in [0.2, 0.25) is 11.8 Å². The fourth-order valence-electron chi connectivity index (χ4n) is 3.56. The zero-order chi connectivity index (χ0) is 26.0. The van der Waals surface area contributed by atoms with Crippen LogP contribution < -0.4 is 10.6 Å². The van der Waals surface area contributed by atoms with Crippen LogP contribution >= 0.6 is 0 Å². The number of amides is 2. The Labute approximate surface area is 204 Å². The van der Waals surface area contributed by atoms with Crippen LogP contribution in [0, 0.1) is 0 Å². The molecule has 0 heterocycles. The molecule has 0 saturated carbocycles. The van der Waals surface area contributed by atoms with Gasteiger partial charge in [-0.1, -0.05) is 65.2 Å². The summed E-state index contributed by atoms with van der Waals surface area (Å²) in [5, 5.41) is 4.90. The van der Waals surface area contributed by atoms with Crippen LogP contribution in [0.3, 0.4) is 0 Å². The van der Waals surface area contributed by atoms with E-state index in [2.05, 4.69) is 24.5 Å². The van der Waals surface area contributed by atoms with E-state index in [1.54, 1.807) is 4.90 Å². The third-order valence-corrected chi connectivity index (χ3v) is 6.80. The molecule has 202 valence electrons. The summed E-state index contributed by atoms with van der Waals surface area (Å²) in [6.07, 6.45) is 9.90. The van der Waals surface area contributed by atoms with E-state index in [4.69, 9.17) is 9.11 Å². The first-order valence-electron chi connectivity index (χ1n) is 12.1. The molecule has 0 aromatic rings. The Balaban J connectivity index is 5.25. The van der Waals surface area contributed by atoms with Gasteiger partial charge in [-0.05, 0) is 12.8 Å². The number of carbonyl (C=O) groups excluding carboxylic acids is 2. The second kappa shape index (κ2) is 18.1. The van der Waals surface area contributed by atoms with Gasteiger partial charge in [0.05, 0.1) is 24.6 Å². The van der Waals surface area contributed by atoms with E-state index in [1.165, 1.54) is 0 Å². The highest BCUT2D eigenvalue weighted by atomic mass is 32.2. The highest BCUT2D eigenvalue weighted by Crippen LogP contribution is 2.18. The molecule has 0 aromatic carbocycles. The lowest BCUT2D eigenvalue weighted by atomic mass is 9.99. The maximum atomic E-state index is 12.5. The van der Waals surface area contributed by atoms with E-state index < -0.39 is 43.6 Å². The van der Waals surface area contributed by atoms with E-state index in [0.29, 0.717) is 0 Å². The molecule has 4 N–H and O–H groups in total. The summed E-state index contributed by atoms with van der Waals surface area (Å²) in [7, 11) is -8.41. The monoisotopic (exact) mass is 529 g/mol. The largest absolute Gasteiger partial charge is 0.354 e. The Morgan fingerprint density at radius 3 is 1.41 bits per heavy atom. The van der Waals surface area contributed by atoms with E-state index in [1.807, 2.05) is 0 Å². The standard InChI is InChI=1S/C21H43N3O8S2/c1-3-5-7-9-11-19(12-10-8-6-4-2)24(17-20(25)22-13-15-33(27,28)29)18-21(26)23-14-16-34(30,31)32/h19H,3-18H2,1-2H3,(H,22,25)(H,23,26)(H,27,28,29)(H,30,31,32). The molecule has 0 aliphatic heterocycles. The predicted octanol–water partition coefficient (Wildman–Crippen LogP) is 1.61. The van der Waals surface area contributed by atoms with Crippen molar-refractivity contribution in [3.8, 4) is 0 Å². The summed E-state index contributed by atoms with van der Waals surface area (Å²) in [4.78, 5) is 26.6. The lowest BCUT2D eigenvalue weighted by Gasteiger charge is -2.31. The topological polar surface area (TPSA) is 170 Å². The van der Waals surface area contributed by atoms with Gasteiger partial charge in [0.25, 0.3) is 20.2 Å². The minimum absolute atomic E-state index is 0.0478. The van der Waals surface area contributed by atoms with Crippen LogP contribution in [0.2, 0.25) is 0 Å². The number of carbonyl (C=O) groups is 2. The first-order valence-corrected chi connectivity index (χ1v) is 15.3. The van der Waals surface area contributed by atoms with Crippen molar-refractivity contribution in [1.29, 1.82) is 0 Å². The fraction of sp³-hybridized carbons (Fsp3) is 0.905. The predicted molar refractivity (Wildman–Crippen MR) is 132 cm³/mol. The SMILES string of the molecule is CCCCCCC(CCCCCC)N(CC(=O)NCCS(=O)(=O)O)CC(=O)NCCS(=O)(=O)O. The Bertz CT molecular complexity index is 724. The van der Waals surface area contributed by atoms with Crippen molar-refractivity contribution >= 4 is 32.1 Å². The average Bonchev–Trinajstić information content (AvgIpc) is 2.70. The lowest BCUT2D eigenvalue weighted by molar-refractivity contribution is -0.126. The number of unbranched alkanes of at least 4 members (excludes halogenated alkanes) is 6. The molecular weight excluding hydrogens is 486 g/mol. The van der Waals surface area contributed by atoms with Crippen LogP contribution in [0.4, 0.5) is 0 Å². The zero-order valence-electron chi connectivity index (χ0n) is 20.5. The van der Waals surface area contributed by atoms with Gasteiger partial charge in [-0.3, -0.25) is 23.6 Å². The van der Waals surface area contributed by atoms with Crippen molar-refractivity contribution in [1.82, 2.24) is 15.5 Å². The first-order chi connectivity index (χ1) is 15.9. The molecule has 0 atom stereocenters. The molecule has 0 aliphatic rings. The summed E-state index contributed by atoms with van der Waals surface area (Å²) < 4.78 is 61.2. The van der Waals surface area contributed by atoms with Crippen molar-refractivity contribution in [2.24, 2.45) is 0 Å². The summed E-state index contributed by atoms with van der Waals surface area (Å²) in [6.45, 7) is 3.46. The van der Waals surface area contributed by atoms with Gasteiger partial charge >= 0.3 is 0 Å². The Morgan fingerprint density at radius 2 is 1.09 bits per heavy atom. The second-order valence-corrected chi connectivity index (χ2v) is 11.7. The van der Waals surface area contributed by atoms with Crippen LogP contribution in [0.15, 0.2) is 0 Å².